The quantitative estimate of drug-likeness (QED) is 0.439. The standard InChI is InChI=1S/C6H7F3O2/c1-4(6(7,8)9)3-5(10)11-2/h3H,1-2H3. The Morgan fingerprint density at radius 3 is 2.18 bits per heavy atom. The molecule has 0 bridgehead atoms. The number of halogens is 3. The number of rotatable bonds is 1. The molecule has 0 aliphatic rings. The van der Waals surface area contributed by atoms with Crippen molar-refractivity contribution in [3.05, 3.63) is 11.6 Å². The van der Waals surface area contributed by atoms with Crippen LogP contribution in [0, 0.1) is 0 Å². The number of alkyl halides is 3. The molecule has 0 radical (unpaired) electrons. The summed E-state index contributed by atoms with van der Waals surface area (Å²) in [7, 11) is 1.02. The van der Waals surface area contributed by atoms with E-state index in [1.807, 2.05) is 0 Å². The van der Waals surface area contributed by atoms with E-state index in [0.29, 0.717) is 6.08 Å². The van der Waals surface area contributed by atoms with Crippen LogP contribution in [0.3, 0.4) is 0 Å². The fourth-order valence-electron chi connectivity index (χ4n) is 0.318. The van der Waals surface area contributed by atoms with Crippen LogP contribution in [0.4, 0.5) is 13.2 Å². The van der Waals surface area contributed by atoms with Gasteiger partial charge in [-0.15, -0.1) is 0 Å². The molecule has 0 aromatic rings. The van der Waals surface area contributed by atoms with Gasteiger partial charge in [0.1, 0.15) is 0 Å². The average Bonchev–Trinajstić information content (AvgIpc) is 1.85. The van der Waals surface area contributed by atoms with Crippen LogP contribution in [0.5, 0.6) is 0 Å². The Morgan fingerprint density at radius 2 is 1.91 bits per heavy atom. The third-order valence-electron chi connectivity index (χ3n) is 0.983. The molecule has 0 spiro atoms. The Kier molecular flexibility index (Phi) is 3.10. The molecule has 0 unspecified atom stereocenters. The van der Waals surface area contributed by atoms with Crippen molar-refractivity contribution < 1.29 is 22.7 Å². The highest BCUT2D eigenvalue weighted by molar-refractivity contribution is 5.82. The summed E-state index contributed by atoms with van der Waals surface area (Å²) in [6.07, 6.45) is -4.05. The maximum Gasteiger partial charge on any atom is 0.412 e. The van der Waals surface area contributed by atoms with Crippen molar-refractivity contribution >= 4 is 5.97 Å². The number of hydrogen-bond acceptors (Lipinski definition) is 2. The zero-order valence-corrected chi connectivity index (χ0v) is 6.03. The van der Waals surface area contributed by atoms with Gasteiger partial charge in [-0.2, -0.15) is 13.2 Å². The minimum Gasteiger partial charge on any atom is -0.466 e. The monoisotopic (exact) mass is 168 g/mol. The molecule has 0 amide bonds. The van der Waals surface area contributed by atoms with Gasteiger partial charge >= 0.3 is 12.1 Å². The van der Waals surface area contributed by atoms with Crippen molar-refractivity contribution in [2.24, 2.45) is 0 Å². The molecule has 0 aromatic heterocycles. The normalized spacial score (nSPS) is 13.0. The summed E-state index contributed by atoms with van der Waals surface area (Å²) in [5, 5.41) is 0. The van der Waals surface area contributed by atoms with Gasteiger partial charge < -0.3 is 4.74 Å². The van der Waals surface area contributed by atoms with Gasteiger partial charge in [-0.3, -0.25) is 0 Å². The topological polar surface area (TPSA) is 26.3 Å². The van der Waals surface area contributed by atoms with E-state index in [1.54, 1.807) is 0 Å². The largest absolute Gasteiger partial charge is 0.466 e. The maximum absolute atomic E-state index is 11.7. The van der Waals surface area contributed by atoms with Gasteiger partial charge in [0.15, 0.2) is 0 Å². The van der Waals surface area contributed by atoms with Crippen molar-refractivity contribution in [2.45, 2.75) is 13.1 Å². The van der Waals surface area contributed by atoms with Crippen LogP contribution in [-0.4, -0.2) is 19.3 Å². The molecule has 2 nitrogen and oxygen atoms in total. The van der Waals surface area contributed by atoms with Gasteiger partial charge in [-0.25, -0.2) is 4.79 Å². The zero-order valence-electron chi connectivity index (χ0n) is 6.03. The number of methoxy groups -OCH3 is 1. The summed E-state index contributed by atoms with van der Waals surface area (Å²) in [5.41, 5.74) is -0.968. The lowest BCUT2D eigenvalue weighted by atomic mass is 10.3. The van der Waals surface area contributed by atoms with E-state index >= 15 is 0 Å². The molecule has 0 aliphatic heterocycles. The van der Waals surface area contributed by atoms with Crippen LogP contribution in [0.25, 0.3) is 0 Å². The van der Waals surface area contributed by atoms with Crippen LogP contribution in [0.2, 0.25) is 0 Å². The van der Waals surface area contributed by atoms with Crippen molar-refractivity contribution in [1.82, 2.24) is 0 Å². The summed E-state index contributed by atoms with van der Waals surface area (Å²) >= 11 is 0. The SMILES string of the molecule is COC(=O)C=C(C)C(F)(F)F. The van der Waals surface area contributed by atoms with Gasteiger partial charge in [0, 0.05) is 11.6 Å². The Bertz CT molecular complexity index is 181. The van der Waals surface area contributed by atoms with E-state index in [0.717, 1.165) is 14.0 Å². The fraction of sp³-hybridized carbons (Fsp3) is 0.500. The molecule has 0 heterocycles. The van der Waals surface area contributed by atoms with Crippen molar-refractivity contribution in [2.75, 3.05) is 7.11 Å². The zero-order chi connectivity index (χ0) is 9.07. The molecule has 64 valence electrons. The summed E-state index contributed by atoms with van der Waals surface area (Å²) in [6.45, 7) is 0.802. The Hall–Kier alpha value is -1.00. The summed E-state index contributed by atoms with van der Waals surface area (Å²) < 4.78 is 39.0. The van der Waals surface area contributed by atoms with Gasteiger partial charge in [-0.1, -0.05) is 0 Å². The third kappa shape index (κ3) is 3.64. The number of carbonyl (C=O) groups excluding carboxylic acids is 1. The summed E-state index contributed by atoms with van der Waals surface area (Å²) in [5.74, 6) is -1.00. The second-order valence-electron chi connectivity index (χ2n) is 1.85. The Labute approximate surface area is 61.6 Å². The molecule has 0 saturated heterocycles. The first-order valence-corrected chi connectivity index (χ1v) is 2.71. The van der Waals surface area contributed by atoms with Crippen LogP contribution in [-0.2, 0) is 9.53 Å². The van der Waals surface area contributed by atoms with Crippen LogP contribution < -0.4 is 0 Å². The predicted molar refractivity (Wildman–Crippen MR) is 31.8 cm³/mol. The minimum atomic E-state index is -4.45. The van der Waals surface area contributed by atoms with Crippen LogP contribution >= 0.6 is 0 Å². The van der Waals surface area contributed by atoms with Gasteiger partial charge in [0.2, 0.25) is 0 Å². The number of esters is 1. The molecule has 0 aromatic carbocycles. The number of carbonyl (C=O) groups is 1. The highest BCUT2D eigenvalue weighted by Gasteiger charge is 2.30. The smallest absolute Gasteiger partial charge is 0.412 e. The number of ether oxygens (including phenoxy) is 1. The highest BCUT2D eigenvalue weighted by atomic mass is 19.4. The minimum absolute atomic E-state index is 0.403. The van der Waals surface area contributed by atoms with E-state index in [9.17, 15) is 18.0 Å². The molecule has 5 heteroatoms. The summed E-state index contributed by atoms with van der Waals surface area (Å²) in [6, 6.07) is 0. The molecule has 0 N–H and O–H groups in total. The first-order chi connectivity index (χ1) is 4.88. The molecule has 0 aliphatic carbocycles. The predicted octanol–water partition coefficient (Wildman–Crippen LogP) is 1.67. The highest BCUT2D eigenvalue weighted by Crippen LogP contribution is 2.24. The lowest BCUT2D eigenvalue weighted by molar-refractivity contribution is -0.136. The average molecular weight is 168 g/mol. The number of hydrogen-bond donors (Lipinski definition) is 0. The maximum atomic E-state index is 11.7. The second-order valence-corrected chi connectivity index (χ2v) is 1.85. The lowest BCUT2D eigenvalue weighted by Gasteiger charge is -2.04. The van der Waals surface area contributed by atoms with E-state index < -0.39 is 17.7 Å². The van der Waals surface area contributed by atoms with E-state index in [1.165, 1.54) is 0 Å². The second kappa shape index (κ2) is 3.41. The Balaban J connectivity index is 4.35. The molecule has 0 atom stereocenters. The first-order valence-electron chi connectivity index (χ1n) is 2.71. The molecular weight excluding hydrogens is 161 g/mol. The van der Waals surface area contributed by atoms with E-state index in [4.69, 9.17) is 0 Å². The molecule has 0 saturated carbocycles. The molecular formula is C6H7F3O2. The van der Waals surface area contributed by atoms with Gasteiger partial charge in [0.05, 0.1) is 7.11 Å². The lowest BCUT2D eigenvalue weighted by Crippen LogP contribution is -2.11. The van der Waals surface area contributed by atoms with Crippen LogP contribution in [0.15, 0.2) is 11.6 Å². The van der Waals surface area contributed by atoms with Gasteiger partial charge in [-0.05, 0) is 6.92 Å². The molecule has 11 heavy (non-hydrogen) atoms. The molecule has 0 fully saturated rings. The van der Waals surface area contributed by atoms with E-state index in [-0.39, 0.29) is 0 Å². The Morgan fingerprint density at radius 1 is 1.45 bits per heavy atom. The van der Waals surface area contributed by atoms with Crippen molar-refractivity contribution in [1.29, 1.82) is 0 Å². The summed E-state index contributed by atoms with van der Waals surface area (Å²) in [4.78, 5) is 10.3. The third-order valence-corrected chi connectivity index (χ3v) is 0.983. The van der Waals surface area contributed by atoms with Crippen LogP contribution in [0.1, 0.15) is 6.92 Å². The van der Waals surface area contributed by atoms with Gasteiger partial charge in [0.25, 0.3) is 0 Å². The van der Waals surface area contributed by atoms with E-state index in [2.05, 4.69) is 4.74 Å². The van der Waals surface area contributed by atoms with Crippen molar-refractivity contribution in [3.8, 4) is 0 Å². The fourth-order valence-corrected chi connectivity index (χ4v) is 0.318. The molecule has 0 rings (SSSR count). The van der Waals surface area contributed by atoms with Crippen molar-refractivity contribution in [3.63, 3.8) is 0 Å². The number of allylic oxidation sites excluding steroid dienone is 1. The first kappa shape index (κ1) is 10.0.